The van der Waals surface area contributed by atoms with Gasteiger partial charge in [-0.2, -0.15) is 5.10 Å². The zero-order chi connectivity index (χ0) is 17.8. The monoisotopic (exact) mass is 399 g/mol. The van der Waals surface area contributed by atoms with E-state index in [0.717, 1.165) is 32.6 Å². The summed E-state index contributed by atoms with van der Waals surface area (Å²) < 4.78 is 6.19. The average Bonchev–Trinajstić information content (AvgIpc) is 2.96. The highest BCUT2D eigenvalue weighted by Gasteiger charge is 2.15. The van der Waals surface area contributed by atoms with Gasteiger partial charge in [0.25, 0.3) is 0 Å². The summed E-state index contributed by atoms with van der Waals surface area (Å²) in [5.74, 6) is 1.14. The zero-order valence-electron chi connectivity index (χ0n) is 14.0. The van der Waals surface area contributed by atoms with E-state index in [1.165, 1.54) is 0 Å². The van der Waals surface area contributed by atoms with Crippen molar-refractivity contribution in [2.45, 2.75) is 13.3 Å². The average molecular weight is 400 g/mol. The van der Waals surface area contributed by atoms with Crippen LogP contribution in [-0.4, -0.2) is 23.2 Å². The number of aryl methyl sites for hydroxylation is 1. The Balaban J connectivity index is 1.79. The van der Waals surface area contributed by atoms with E-state index in [2.05, 4.69) is 31.4 Å². The first kappa shape index (κ1) is 17.2. The molecule has 0 fully saturated rings. The molecule has 0 aliphatic carbocycles. The zero-order valence-corrected chi connectivity index (χ0v) is 15.6. The van der Waals surface area contributed by atoms with Gasteiger partial charge in [0, 0.05) is 15.7 Å². The minimum absolute atomic E-state index is 0.127. The van der Waals surface area contributed by atoms with Gasteiger partial charge in [0.2, 0.25) is 5.91 Å². The van der Waals surface area contributed by atoms with E-state index in [0.29, 0.717) is 5.82 Å². The van der Waals surface area contributed by atoms with Gasteiger partial charge in [0.15, 0.2) is 5.82 Å². The Morgan fingerprint density at radius 1 is 1.24 bits per heavy atom. The lowest BCUT2D eigenvalue weighted by molar-refractivity contribution is -0.115. The first-order chi connectivity index (χ1) is 12.1. The number of nitrogens with zero attached hydrogens (tertiary/aromatic N) is 1. The predicted molar refractivity (Wildman–Crippen MR) is 102 cm³/mol. The van der Waals surface area contributed by atoms with Crippen molar-refractivity contribution in [3.8, 4) is 16.9 Å². The van der Waals surface area contributed by atoms with Crippen molar-refractivity contribution < 1.29 is 9.53 Å². The van der Waals surface area contributed by atoms with Crippen molar-refractivity contribution >= 4 is 27.7 Å². The maximum atomic E-state index is 12.4. The SMILES string of the molecule is COc1cccc(CC(=O)Nc2n[nH]c(C)c2-c2ccc(Br)cc2)c1. The molecule has 0 unspecified atom stereocenters. The van der Waals surface area contributed by atoms with Crippen LogP contribution in [0.15, 0.2) is 53.0 Å². The number of nitrogens with one attached hydrogen (secondary N) is 2. The molecule has 1 aromatic heterocycles. The fourth-order valence-corrected chi connectivity index (χ4v) is 2.90. The molecular formula is C19H18BrN3O2. The largest absolute Gasteiger partial charge is 0.497 e. The number of methoxy groups -OCH3 is 1. The molecule has 3 rings (SSSR count). The number of amides is 1. The van der Waals surface area contributed by atoms with Crippen LogP contribution in [0.3, 0.4) is 0 Å². The van der Waals surface area contributed by atoms with E-state index in [9.17, 15) is 4.79 Å². The Kier molecular flexibility index (Phi) is 5.19. The normalized spacial score (nSPS) is 10.5. The Labute approximate surface area is 154 Å². The molecule has 2 aromatic carbocycles. The van der Waals surface area contributed by atoms with Gasteiger partial charge in [-0.1, -0.05) is 40.2 Å². The molecule has 0 radical (unpaired) electrons. The van der Waals surface area contributed by atoms with Crippen LogP contribution in [-0.2, 0) is 11.2 Å². The van der Waals surface area contributed by atoms with Gasteiger partial charge < -0.3 is 10.1 Å². The standard InChI is InChI=1S/C19H18BrN3O2/c1-12-18(14-6-8-15(20)9-7-14)19(23-22-12)21-17(24)11-13-4-3-5-16(10-13)25-2/h3-10H,11H2,1-2H3,(H2,21,22,23,24). The number of benzene rings is 2. The number of hydrogen-bond acceptors (Lipinski definition) is 3. The van der Waals surface area contributed by atoms with E-state index in [1.807, 2.05) is 55.5 Å². The van der Waals surface area contributed by atoms with Gasteiger partial charge in [0.1, 0.15) is 5.75 Å². The number of aromatic amines is 1. The third kappa shape index (κ3) is 4.09. The van der Waals surface area contributed by atoms with Crippen molar-refractivity contribution in [1.29, 1.82) is 0 Å². The first-order valence-electron chi connectivity index (χ1n) is 7.80. The van der Waals surface area contributed by atoms with E-state index < -0.39 is 0 Å². The molecule has 3 aromatic rings. The van der Waals surface area contributed by atoms with Crippen LogP contribution in [0.5, 0.6) is 5.75 Å². The highest BCUT2D eigenvalue weighted by atomic mass is 79.9. The number of carbonyl (C=O) groups is 1. The highest BCUT2D eigenvalue weighted by Crippen LogP contribution is 2.30. The Hall–Kier alpha value is -2.60. The molecule has 0 spiro atoms. The van der Waals surface area contributed by atoms with Crippen LogP contribution in [0, 0.1) is 6.92 Å². The molecule has 1 heterocycles. The van der Waals surface area contributed by atoms with Gasteiger partial charge in [-0.25, -0.2) is 0 Å². The molecule has 6 heteroatoms. The number of anilines is 1. The molecule has 0 atom stereocenters. The summed E-state index contributed by atoms with van der Waals surface area (Å²) in [6, 6.07) is 15.4. The second kappa shape index (κ2) is 7.53. The molecule has 1 amide bonds. The summed E-state index contributed by atoms with van der Waals surface area (Å²) in [5, 5.41) is 10.1. The number of aromatic nitrogens is 2. The fourth-order valence-electron chi connectivity index (χ4n) is 2.63. The van der Waals surface area contributed by atoms with Crippen LogP contribution in [0.2, 0.25) is 0 Å². The first-order valence-corrected chi connectivity index (χ1v) is 8.60. The van der Waals surface area contributed by atoms with E-state index in [4.69, 9.17) is 4.74 Å². The third-order valence-electron chi connectivity index (χ3n) is 3.84. The molecule has 0 saturated carbocycles. The number of H-pyrrole nitrogens is 1. The second-order valence-corrected chi connectivity index (χ2v) is 6.57. The fraction of sp³-hybridized carbons (Fsp3) is 0.158. The summed E-state index contributed by atoms with van der Waals surface area (Å²) in [7, 11) is 1.61. The van der Waals surface area contributed by atoms with Gasteiger partial charge in [-0.3, -0.25) is 9.89 Å². The lowest BCUT2D eigenvalue weighted by Crippen LogP contribution is -2.15. The lowest BCUT2D eigenvalue weighted by atomic mass is 10.1. The predicted octanol–water partition coefficient (Wildman–Crippen LogP) is 4.34. The van der Waals surface area contributed by atoms with Gasteiger partial charge >= 0.3 is 0 Å². The van der Waals surface area contributed by atoms with Gasteiger partial charge in [0.05, 0.1) is 13.5 Å². The van der Waals surface area contributed by atoms with Gasteiger partial charge in [-0.05, 0) is 42.3 Å². The molecule has 0 aliphatic heterocycles. The summed E-state index contributed by atoms with van der Waals surface area (Å²) >= 11 is 3.43. The number of carbonyl (C=O) groups excluding carboxylic acids is 1. The minimum Gasteiger partial charge on any atom is -0.497 e. The molecule has 0 bridgehead atoms. The second-order valence-electron chi connectivity index (χ2n) is 5.66. The van der Waals surface area contributed by atoms with Crippen LogP contribution in [0.1, 0.15) is 11.3 Å². The van der Waals surface area contributed by atoms with E-state index in [1.54, 1.807) is 7.11 Å². The van der Waals surface area contributed by atoms with Crippen molar-refractivity contribution in [3.63, 3.8) is 0 Å². The van der Waals surface area contributed by atoms with Crippen LogP contribution in [0.4, 0.5) is 5.82 Å². The molecule has 0 aliphatic rings. The Morgan fingerprint density at radius 2 is 2.00 bits per heavy atom. The van der Waals surface area contributed by atoms with Crippen LogP contribution < -0.4 is 10.1 Å². The summed E-state index contributed by atoms with van der Waals surface area (Å²) in [6.07, 6.45) is 0.253. The smallest absolute Gasteiger partial charge is 0.230 e. The number of rotatable bonds is 5. The third-order valence-corrected chi connectivity index (χ3v) is 4.37. The van der Waals surface area contributed by atoms with Crippen molar-refractivity contribution in [2.75, 3.05) is 12.4 Å². The number of halogens is 1. The summed E-state index contributed by atoms with van der Waals surface area (Å²) in [6.45, 7) is 1.93. The van der Waals surface area contributed by atoms with E-state index in [-0.39, 0.29) is 12.3 Å². The summed E-state index contributed by atoms with van der Waals surface area (Å²) in [4.78, 5) is 12.4. The highest BCUT2D eigenvalue weighted by molar-refractivity contribution is 9.10. The Morgan fingerprint density at radius 3 is 2.72 bits per heavy atom. The number of hydrogen-bond donors (Lipinski definition) is 2. The molecular weight excluding hydrogens is 382 g/mol. The molecule has 0 saturated heterocycles. The maximum Gasteiger partial charge on any atom is 0.230 e. The lowest BCUT2D eigenvalue weighted by Gasteiger charge is -2.07. The maximum absolute atomic E-state index is 12.4. The van der Waals surface area contributed by atoms with Crippen molar-refractivity contribution in [1.82, 2.24) is 10.2 Å². The van der Waals surface area contributed by atoms with Gasteiger partial charge in [-0.15, -0.1) is 0 Å². The van der Waals surface area contributed by atoms with Crippen molar-refractivity contribution in [2.24, 2.45) is 0 Å². The molecule has 2 N–H and O–H groups in total. The molecule has 25 heavy (non-hydrogen) atoms. The molecule has 5 nitrogen and oxygen atoms in total. The Bertz CT molecular complexity index is 888. The van der Waals surface area contributed by atoms with Crippen molar-refractivity contribution in [3.05, 3.63) is 64.3 Å². The van der Waals surface area contributed by atoms with E-state index >= 15 is 0 Å². The number of ether oxygens (including phenoxy) is 1. The quantitative estimate of drug-likeness (QED) is 0.670. The topological polar surface area (TPSA) is 67.0 Å². The minimum atomic E-state index is -0.127. The van der Waals surface area contributed by atoms with Crippen LogP contribution >= 0.6 is 15.9 Å². The summed E-state index contributed by atoms with van der Waals surface area (Å²) in [5.41, 5.74) is 3.67. The van der Waals surface area contributed by atoms with Crippen LogP contribution in [0.25, 0.3) is 11.1 Å². The molecule has 128 valence electrons.